The molecule has 0 N–H and O–H groups in total. The maximum atomic E-state index is 12.0. The second-order valence-corrected chi connectivity index (χ2v) is 5.26. The molecule has 1 heterocycles. The first-order valence-electron chi connectivity index (χ1n) is 6.43. The summed E-state index contributed by atoms with van der Waals surface area (Å²) < 4.78 is 6.73. The fraction of sp³-hybridized carbons (Fsp3) is 0.125. The first-order chi connectivity index (χ1) is 10.0. The second-order valence-electron chi connectivity index (χ2n) is 4.82. The van der Waals surface area contributed by atoms with E-state index in [1.54, 1.807) is 30.3 Å². The first-order valence-corrected chi connectivity index (χ1v) is 6.81. The summed E-state index contributed by atoms with van der Waals surface area (Å²) in [7, 11) is 0. The van der Waals surface area contributed by atoms with Crippen molar-refractivity contribution in [1.29, 1.82) is 0 Å². The van der Waals surface area contributed by atoms with Crippen molar-refractivity contribution in [1.82, 2.24) is 4.57 Å². The van der Waals surface area contributed by atoms with Crippen molar-refractivity contribution in [2.45, 2.75) is 13.5 Å². The van der Waals surface area contributed by atoms with E-state index in [4.69, 9.17) is 16.0 Å². The van der Waals surface area contributed by atoms with E-state index in [0.29, 0.717) is 28.2 Å². The Morgan fingerprint density at radius 3 is 2.76 bits per heavy atom. The first kappa shape index (κ1) is 13.6. The number of ketones is 1. The summed E-state index contributed by atoms with van der Waals surface area (Å²) in [5, 5.41) is 0.618. The van der Waals surface area contributed by atoms with E-state index < -0.39 is 5.76 Å². The third-order valence-electron chi connectivity index (χ3n) is 3.30. The minimum absolute atomic E-state index is 0.0675. The van der Waals surface area contributed by atoms with Gasteiger partial charge in [-0.25, -0.2) is 4.79 Å². The molecule has 0 atom stereocenters. The monoisotopic (exact) mass is 301 g/mol. The number of fused-ring (bicyclic) bond motifs is 1. The number of carbonyl (C=O) groups is 1. The molecule has 0 amide bonds. The van der Waals surface area contributed by atoms with E-state index in [-0.39, 0.29) is 5.78 Å². The molecule has 0 spiro atoms. The molecule has 21 heavy (non-hydrogen) atoms. The number of carbonyl (C=O) groups excluding carboxylic acids is 1. The third-order valence-corrected chi connectivity index (χ3v) is 3.54. The molecule has 1 aromatic heterocycles. The van der Waals surface area contributed by atoms with Crippen molar-refractivity contribution in [3.63, 3.8) is 0 Å². The maximum absolute atomic E-state index is 12.0. The quantitative estimate of drug-likeness (QED) is 0.696. The van der Waals surface area contributed by atoms with Crippen LogP contribution in [0.1, 0.15) is 22.8 Å². The molecule has 0 radical (unpaired) electrons. The number of halogens is 1. The Hall–Kier alpha value is -2.33. The molecule has 4 nitrogen and oxygen atoms in total. The SMILES string of the molecule is CC(=O)c1ccc2c(c1)oc(=O)n2Cc1cccc(Cl)c1. The lowest BCUT2D eigenvalue weighted by Crippen LogP contribution is -2.14. The van der Waals surface area contributed by atoms with Gasteiger partial charge in [0, 0.05) is 10.6 Å². The van der Waals surface area contributed by atoms with Crippen molar-refractivity contribution in [3.8, 4) is 0 Å². The summed E-state index contributed by atoms with van der Waals surface area (Å²) in [4.78, 5) is 23.4. The summed E-state index contributed by atoms with van der Waals surface area (Å²) in [6, 6.07) is 12.3. The highest BCUT2D eigenvalue weighted by Gasteiger charge is 2.11. The number of rotatable bonds is 3. The van der Waals surface area contributed by atoms with Gasteiger partial charge >= 0.3 is 5.76 Å². The topological polar surface area (TPSA) is 52.2 Å². The highest BCUT2D eigenvalue weighted by atomic mass is 35.5. The summed E-state index contributed by atoms with van der Waals surface area (Å²) >= 11 is 5.95. The standard InChI is InChI=1S/C16H12ClNO3/c1-10(19)12-5-6-14-15(8-12)21-16(20)18(14)9-11-3-2-4-13(17)7-11/h2-8H,9H2,1H3. The molecule has 0 bridgehead atoms. The van der Waals surface area contributed by atoms with E-state index in [1.807, 2.05) is 12.1 Å². The molecular weight excluding hydrogens is 290 g/mol. The van der Waals surface area contributed by atoms with Crippen LogP contribution in [0.2, 0.25) is 5.02 Å². The van der Waals surface area contributed by atoms with Gasteiger partial charge in [-0.1, -0.05) is 23.7 Å². The Balaban J connectivity index is 2.08. The van der Waals surface area contributed by atoms with Gasteiger partial charge in [-0.15, -0.1) is 0 Å². The molecular formula is C16H12ClNO3. The lowest BCUT2D eigenvalue weighted by molar-refractivity contribution is 0.101. The zero-order chi connectivity index (χ0) is 15.0. The summed E-state index contributed by atoms with van der Waals surface area (Å²) in [5.41, 5.74) is 2.49. The van der Waals surface area contributed by atoms with Gasteiger partial charge in [-0.05, 0) is 42.8 Å². The number of Topliss-reactive ketones (excluding diaryl/α,β-unsaturated/α-hetero) is 1. The largest absolute Gasteiger partial charge is 0.420 e. The Labute approximate surface area is 125 Å². The number of nitrogens with zero attached hydrogens (tertiary/aromatic N) is 1. The predicted molar refractivity (Wildman–Crippen MR) is 81.0 cm³/mol. The maximum Gasteiger partial charge on any atom is 0.420 e. The summed E-state index contributed by atoms with van der Waals surface area (Å²) in [6.07, 6.45) is 0. The predicted octanol–water partition coefficient (Wildman–Crippen LogP) is 3.50. The zero-order valence-corrected chi connectivity index (χ0v) is 12.1. The molecule has 3 rings (SSSR count). The minimum atomic E-state index is -0.453. The zero-order valence-electron chi connectivity index (χ0n) is 11.3. The van der Waals surface area contributed by atoms with Crippen molar-refractivity contribution in [2.75, 3.05) is 0 Å². The normalized spacial score (nSPS) is 11.0. The Kier molecular flexibility index (Phi) is 3.39. The van der Waals surface area contributed by atoms with Gasteiger partial charge in [-0.2, -0.15) is 0 Å². The molecule has 5 heteroatoms. The number of hydrogen-bond acceptors (Lipinski definition) is 3. The van der Waals surface area contributed by atoms with Crippen molar-refractivity contribution in [2.24, 2.45) is 0 Å². The molecule has 2 aromatic carbocycles. The highest BCUT2D eigenvalue weighted by Crippen LogP contribution is 2.18. The van der Waals surface area contributed by atoms with Crippen LogP contribution in [-0.4, -0.2) is 10.4 Å². The molecule has 0 saturated heterocycles. The number of hydrogen-bond donors (Lipinski definition) is 0. The number of oxazole rings is 1. The van der Waals surface area contributed by atoms with Gasteiger partial charge in [-0.3, -0.25) is 9.36 Å². The van der Waals surface area contributed by atoms with Gasteiger partial charge in [0.05, 0.1) is 12.1 Å². The molecule has 0 aliphatic heterocycles. The van der Waals surface area contributed by atoms with E-state index in [1.165, 1.54) is 11.5 Å². The van der Waals surface area contributed by atoms with Crippen LogP contribution in [0.5, 0.6) is 0 Å². The van der Waals surface area contributed by atoms with Crippen LogP contribution in [0.25, 0.3) is 11.1 Å². The Bertz CT molecular complexity index is 892. The van der Waals surface area contributed by atoms with Gasteiger partial charge in [0.25, 0.3) is 0 Å². The highest BCUT2D eigenvalue weighted by molar-refractivity contribution is 6.30. The van der Waals surface area contributed by atoms with Crippen LogP contribution in [-0.2, 0) is 6.54 Å². The fourth-order valence-corrected chi connectivity index (χ4v) is 2.47. The van der Waals surface area contributed by atoms with Crippen LogP contribution in [0.4, 0.5) is 0 Å². The van der Waals surface area contributed by atoms with Crippen molar-refractivity contribution in [3.05, 3.63) is 69.2 Å². The summed E-state index contributed by atoms with van der Waals surface area (Å²) in [6.45, 7) is 1.84. The Morgan fingerprint density at radius 1 is 1.24 bits per heavy atom. The lowest BCUT2D eigenvalue weighted by atomic mass is 10.1. The van der Waals surface area contributed by atoms with Crippen molar-refractivity contribution >= 4 is 28.5 Å². The van der Waals surface area contributed by atoms with Gasteiger partial charge in [0.15, 0.2) is 11.4 Å². The smallest absolute Gasteiger partial charge is 0.408 e. The second kappa shape index (κ2) is 5.22. The van der Waals surface area contributed by atoms with E-state index in [2.05, 4.69) is 0 Å². The van der Waals surface area contributed by atoms with Crippen LogP contribution in [0, 0.1) is 0 Å². The minimum Gasteiger partial charge on any atom is -0.408 e. The van der Waals surface area contributed by atoms with Gasteiger partial charge in [0.2, 0.25) is 0 Å². The Morgan fingerprint density at radius 2 is 2.05 bits per heavy atom. The van der Waals surface area contributed by atoms with Crippen LogP contribution in [0.15, 0.2) is 51.7 Å². The molecule has 0 aliphatic carbocycles. The molecule has 0 aliphatic rings. The molecule has 106 valence electrons. The molecule has 0 fully saturated rings. The van der Waals surface area contributed by atoms with Gasteiger partial charge in [0.1, 0.15) is 0 Å². The lowest BCUT2D eigenvalue weighted by Gasteiger charge is -2.03. The number of aromatic nitrogens is 1. The van der Waals surface area contributed by atoms with Crippen LogP contribution in [0.3, 0.4) is 0 Å². The molecule has 3 aromatic rings. The van der Waals surface area contributed by atoms with Crippen LogP contribution >= 0.6 is 11.6 Å². The van der Waals surface area contributed by atoms with Gasteiger partial charge < -0.3 is 4.42 Å². The molecule has 0 saturated carbocycles. The summed E-state index contributed by atoms with van der Waals surface area (Å²) in [5.74, 6) is -0.521. The number of benzene rings is 2. The van der Waals surface area contributed by atoms with Crippen LogP contribution < -0.4 is 5.76 Å². The average molecular weight is 302 g/mol. The third kappa shape index (κ3) is 2.62. The fourth-order valence-electron chi connectivity index (χ4n) is 2.25. The van der Waals surface area contributed by atoms with Crippen molar-refractivity contribution < 1.29 is 9.21 Å². The van der Waals surface area contributed by atoms with E-state index in [0.717, 1.165) is 5.56 Å². The average Bonchev–Trinajstić information content (AvgIpc) is 2.74. The molecule has 0 unspecified atom stereocenters. The van der Waals surface area contributed by atoms with E-state index in [9.17, 15) is 9.59 Å². The van der Waals surface area contributed by atoms with E-state index >= 15 is 0 Å².